The zero-order chi connectivity index (χ0) is 15.9. The van der Waals surface area contributed by atoms with Gasteiger partial charge < -0.3 is 10.1 Å². The average Bonchev–Trinajstić information content (AvgIpc) is 2.61. The summed E-state index contributed by atoms with van der Waals surface area (Å²) in [5, 5.41) is 3.97. The molecule has 0 aliphatic carbocycles. The Hall–Kier alpha value is -2.52. The first kappa shape index (κ1) is 15.4. The molecule has 0 spiro atoms. The first-order valence-electron chi connectivity index (χ1n) is 7.41. The molecule has 0 fully saturated rings. The summed E-state index contributed by atoms with van der Waals surface area (Å²) in [7, 11) is 0. The number of hydrogen-bond donors (Lipinski definition) is 1. The molecule has 1 aromatic heterocycles. The Bertz CT molecular complexity index is 748. The quantitative estimate of drug-likeness (QED) is 0.698. The molecule has 0 saturated heterocycles. The number of anilines is 1. The Balaban J connectivity index is 1.70. The van der Waals surface area contributed by atoms with Gasteiger partial charge in [-0.25, -0.2) is 4.98 Å². The topological polar surface area (TPSA) is 34.1 Å². The van der Waals surface area contributed by atoms with Crippen molar-refractivity contribution in [2.75, 3.05) is 5.32 Å². The largest absolute Gasteiger partial charge is 0.489 e. The number of pyridine rings is 1. The third-order valence-electron chi connectivity index (χ3n) is 3.38. The van der Waals surface area contributed by atoms with Crippen molar-refractivity contribution in [3.8, 4) is 5.75 Å². The number of hydrogen-bond acceptors (Lipinski definition) is 3. The fourth-order valence-electron chi connectivity index (χ4n) is 2.22. The molecule has 1 heterocycles. The highest BCUT2D eigenvalue weighted by molar-refractivity contribution is 6.30. The predicted molar refractivity (Wildman–Crippen MR) is 93.8 cm³/mol. The van der Waals surface area contributed by atoms with Gasteiger partial charge in [0.15, 0.2) is 0 Å². The number of nitrogens with zero attached hydrogens (tertiary/aromatic N) is 1. The maximum absolute atomic E-state index is 6.12. The van der Waals surface area contributed by atoms with E-state index in [0.717, 1.165) is 22.7 Å². The summed E-state index contributed by atoms with van der Waals surface area (Å²) in [4.78, 5) is 4.25. The summed E-state index contributed by atoms with van der Waals surface area (Å²) in [6.45, 7) is 1.13. The lowest BCUT2D eigenvalue weighted by molar-refractivity contribution is 0.303. The molecule has 0 unspecified atom stereocenters. The number of rotatable bonds is 6. The highest BCUT2D eigenvalue weighted by Crippen LogP contribution is 2.24. The smallest absolute Gasteiger partial charge is 0.126 e. The van der Waals surface area contributed by atoms with Gasteiger partial charge in [-0.2, -0.15) is 0 Å². The lowest BCUT2D eigenvalue weighted by atomic mass is 10.2. The van der Waals surface area contributed by atoms with Crippen LogP contribution in [-0.4, -0.2) is 4.98 Å². The summed E-state index contributed by atoms with van der Waals surface area (Å²) < 4.78 is 5.95. The van der Waals surface area contributed by atoms with Crippen molar-refractivity contribution in [2.45, 2.75) is 13.2 Å². The molecule has 3 aromatic rings. The molecular weight excluding hydrogens is 308 g/mol. The zero-order valence-electron chi connectivity index (χ0n) is 12.6. The molecule has 23 heavy (non-hydrogen) atoms. The number of benzene rings is 2. The van der Waals surface area contributed by atoms with E-state index >= 15 is 0 Å². The van der Waals surface area contributed by atoms with Gasteiger partial charge in [-0.3, -0.25) is 0 Å². The van der Waals surface area contributed by atoms with Crippen LogP contribution in [0.3, 0.4) is 0 Å². The number of ether oxygens (including phenoxy) is 1. The van der Waals surface area contributed by atoms with E-state index < -0.39 is 0 Å². The third kappa shape index (κ3) is 4.47. The fourth-order valence-corrected chi connectivity index (χ4v) is 2.41. The van der Waals surface area contributed by atoms with Crippen molar-refractivity contribution < 1.29 is 4.74 Å². The molecule has 0 aliphatic heterocycles. The zero-order valence-corrected chi connectivity index (χ0v) is 13.3. The van der Waals surface area contributed by atoms with E-state index in [2.05, 4.69) is 10.3 Å². The minimum Gasteiger partial charge on any atom is -0.489 e. The van der Waals surface area contributed by atoms with Gasteiger partial charge in [0.2, 0.25) is 0 Å². The van der Waals surface area contributed by atoms with Gasteiger partial charge in [0.1, 0.15) is 18.2 Å². The molecule has 116 valence electrons. The molecule has 3 rings (SSSR count). The molecule has 3 nitrogen and oxygen atoms in total. The van der Waals surface area contributed by atoms with E-state index in [1.165, 1.54) is 0 Å². The first-order valence-corrected chi connectivity index (χ1v) is 7.79. The van der Waals surface area contributed by atoms with Gasteiger partial charge in [-0.15, -0.1) is 0 Å². The lowest BCUT2D eigenvalue weighted by Crippen LogP contribution is -2.04. The minimum atomic E-state index is 0.527. The van der Waals surface area contributed by atoms with Crippen LogP contribution in [0, 0.1) is 0 Å². The van der Waals surface area contributed by atoms with E-state index in [9.17, 15) is 0 Å². The first-order chi connectivity index (χ1) is 11.3. The maximum Gasteiger partial charge on any atom is 0.126 e. The van der Waals surface area contributed by atoms with E-state index in [0.29, 0.717) is 18.2 Å². The highest BCUT2D eigenvalue weighted by Gasteiger charge is 2.06. The van der Waals surface area contributed by atoms with Crippen molar-refractivity contribution in [2.24, 2.45) is 0 Å². The summed E-state index contributed by atoms with van der Waals surface area (Å²) in [5.41, 5.74) is 2.13. The predicted octanol–water partition coefficient (Wildman–Crippen LogP) is 4.93. The maximum atomic E-state index is 6.12. The molecule has 0 aliphatic rings. The van der Waals surface area contributed by atoms with E-state index in [1.54, 1.807) is 6.20 Å². The van der Waals surface area contributed by atoms with E-state index in [-0.39, 0.29) is 0 Å². The Labute approximate surface area is 140 Å². The molecule has 1 N–H and O–H groups in total. The highest BCUT2D eigenvalue weighted by atomic mass is 35.5. The second kappa shape index (κ2) is 7.65. The summed E-state index contributed by atoms with van der Waals surface area (Å²) >= 11 is 6.12. The second-order valence-electron chi connectivity index (χ2n) is 5.09. The van der Waals surface area contributed by atoms with Gasteiger partial charge in [0.25, 0.3) is 0 Å². The number of nitrogens with one attached hydrogen (secondary N) is 1. The van der Waals surface area contributed by atoms with Crippen LogP contribution in [0.25, 0.3) is 0 Å². The Kier molecular flexibility index (Phi) is 5.12. The van der Waals surface area contributed by atoms with Crippen molar-refractivity contribution >= 4 is 17.4 Å². The second-order valence-corrected chi connectivity index (χ2v) is 5.53. The Morgan fingerprint density at radius 2 is 1.78 bits per heavy atom. The van der Waals surface area contributed by atoms with Crippen LogP contribution in [0.15, 0.2) is 72.9 Å². The minimum absolute atomic E-state index is 0.527. The van der Waals surface area contributed by atoms with Crippen molar-refractivity contribution in [1.29, 1.82) is 0 Å². The van der Waals surface area contributed by atoms with Gasteiger partial charge in [0.05, 0.1) is 0 Å². The normalized spacial score (nSPS) is 10.3. The van der Waals surface area contributed by atoms with Gasteiger partial charge in [0, 0.05) is 23.3 Å². The molecule has 2 aromatic carbocycles. The SMILES string of the molecule is Clc1ccc(OCc2ccccc2)c(CNc2ccccn2)c1. The van der Waals surface area contributed by atoms with Crippen LogP contribution >= 0.6 is 11.6 Å². The van der Waals surface area contributed by atoms with Gasteiger partial charge in [-0.1, -0.05) is 48.0 Å². The van der Waals surface area contributed by atoms with Crippen LogP contribution in [0.1, 0.15) is 11.1 Å². The van der Waals surface area contributed by atoms with Crippen LogP contribution < -0.4 is 10.1 Å². The summed E-state index contributed by atoms with van der Waals surface area (Å²) in [5.74, 6) is 1.64. The standard InChI is InChI=1S/C19H17ClN2O/c20-17-9-10-18(23-14-15-6-2-1-3-7-15)16(12-17)13-22-19-8-4-5-11-21-19/h1-12H,13-14H2,(H,21,22). The van der Waals surface area contributed by atoms with Crippen molar-refractivity contribution in [1.82, 2.24) is 4.98 Å². The summed E-state index contributed by atoms with van der Waals surface area (Å²) in [6, 6.07) is 21.5. The third-order valence-corrected chi connectivity index (χ3v) is 3.62. The molecule has 0 radical (unpaired) electrons. The molecule has 4 heteroatoms. The molecule has 0 saturated carbocycles. The lowest BCUT2D eigenvalue weighted by Gasteiger charge is -2.13. The van der Waals surface area contributed by atoms with Crippen LogP contribution in [0.2, 0.25) is 5.02 Å². The number of aromatic nitrogens is 1. The Morgan fingerprint density at radius 3 is 2.57 bits per heavy atom. The molecule has 0 amide bonds. The van der Waals surface area contributed by atoms with E-state index in [1.807, 2.05) is 66.7 Å². The van der Waals surface area contributed by atoms with E-state index in [4.69, 9.17) is 16.3 Å². The van der Waals surface area contributed by atoms with Crippen molar-refractivity contribution in [3.63, 3.8) is 0 Å². The van der Waals surface area contributed by atoms with Gasteiger partial charge >= 0.3 is 0 Å². The Morgan fingerprint density at radius 1 is 0.957 bits per heavy atom. The van der Waals surface area contributed by atoms with Crippen LogP contribution in [0.4, 0.5) is 5.82 Å². The fraction of sp³-hybridized carbons (Fsp3) is 0.105. The van der Waals surface area contributed by atoms with Crippen LogP contribution in [-0.2, 0) is 13.2 Å². The number of halogens is 1. The average molecular weight is 325 g/mol. The van der Waals surface area contributed by atoms with Crippen molar-refractivity contribution in [3.05, 3.63) is 89.1 Å². The molecule has 0 bridgehead atoms. The van der Waals surface area contributed by atoms with Crippen LogP contribution in [0.5, 0.6) is 5.75 Å². The molecule has 0 atom stereocenters. The monoisotopic (exact) mass is 324 g/mol. The summed E-state index contributed by atoms with van der Waals surface area (Å²) in [6.07, 6.45) is 1.76. The molecular formula is C19H17ClN2O. The van der Waals surface area contributed by atoms with Gasteiger partial charge in [-0.05, 0) is 35.9 Å².